The third-order valence-electron chi connectivity index (χ3n) is 7.03. The van der Waals surface area contributed by atoms with E-state index in [1.165, 1.54) is 6.07 Å². The Morgan fingerprint density at radius 3 is 1.71 bits per heavy atom. The number of ether oxygens (including phenoxy) is 4. The summed E-state index contributed by atoms with van der Waals surface area (Å²) in [5.41, 5.74) is 1.69. The van der Waals surface area contributed by atoms with Crippen molar-refractivity contribution in [2.75, 3.05) is 26.4 Å². The molecule has 45 heavy (non-hydrogen) atoms. The van der Waals surface area contributed by atoms with Gasteiger partial charge in [0, 0.05) is 46.2 Å². The number of furan rings is 1. The second kappa shape index (κ2) is 14.2. The van der Waals surface area contributed by atoms with Crippen LogP contribution in [0.15, 0.2) is 63.5 Å². The van der Waals surface area contributed by atoms with Gasteiger partial charge in [0.05, 0.1) is 32.0 Å². The van der Waals surface area contributed by atoms with Crippen LogP contribution in [-0.2, 0) is 46.6 Å². The Balaban J connectivity index is 0.000000200. The van der Waals surface area contributed by atoms with Gasteiger partial charge >= 0.3 is 0 Å². The van der Waals surface area contributed by atoms with Crippen molar-refractivity contribution in [2.45, 2.75) is 32.8 Å². The Bertz CT molecular complexity index is 1670. The van der Waals surface area contributed by atoms with Crippen LogP contribution in [0.3, 0.4) is 0 Å². The molecule has 2 aromatic carbocycles. The summed E-state index contributed by atoms with van der Waals surface area (Å²) in [7, 11) is 0. The maximum Gasteiger partial charge on any atom is 0.244 e. The molecular weight excluding hydrogens is 700 g/mol. The molecular formula is C33H29BrCuO10. The third-order valence-corrected chi connectivity index (χ3v) is 7.76. The number of Topliss-reactive ketones (excluding diaryl/α,β-unsaturated/α-hetero) is 2. The van der Waals surface area contributed by atoms with Crippen molar-refractivity contribution in [3.05, 3.63) is 98.4 Å². The number of fused-ring (bicyclic) bond motifs is 3. The Morgan fingerprint density at radius 1 is 0.733 bits per heavy atom. The second-order valence-corrected chi connectivity index (χ2v) is 10.6. The Labute approximate surface area is 278 Å². The van der Waals surface area contributed by atoms with Crippen molar-refractivity contribution in [1.82, 2.24) is 0 Å². The van der Waals surface area contributed by atoms with Gasteiger partial charge in [-0.1, -0.05) is 56.0 Å². The van der Waals surface area contributed by atoms with Crippen molar-refractivity contribution in [2.24, 2.45) is 0 Å². The van der Waals surface area contributed by atoms with Crippen LogP contribution in [0.25, 0.3) is 5.76 Å². The number of ketones is 4. The molecule has 3 aromatic rings. The van der Waals surface area contributed by atoms with E-state index < -0.39 is 23.1 Å². The smallest absolute Gasteiger partial charge is 0.244 e. The monoisotopic (exact) mass is 727 g/mol. The minimum Gasteiger partial charge on any atom is -0.506 e. The van der Waals surface area contributed by atoms with Gasteiger partial charge in [0.15, 0.2) is 17.3 Å². The number of carbonyl (C=O) groups excluding carboxylic acids is 4. The first kappa shape index (κ1) is 35.8. The fourth-order valence-electron chi connectivity index (χ4n) is 4.69. The van der Waals surface area contributed by atoms with Crippen LogP contribution >= 0.6 is 15.9 Å². The average molecular weight is 729 g/mol. The molecule has 2 aliphatic heterocycles. The largest absolute Gasteiger partial charge is 0.506 e. The number of allylic oxidation sites excluding steroid dienone is 1. The van der Waals surface area contributed by atoms with Gasteiger partial charge < -0.3 is 28.5 Å². The van der Waals surface area contributed by atoms with E-state index in [9.17, 15) is 24.3 Å². The van der Waals surface area contributed by atoms with E-state index >= 15 is 0 Å². The quantitative estimate of drug-likeness (QED) is 0.155. The normalized spacial score (nSPS) is 18.4. The van der Waals surface area contributed by atoms with E-state index in [2.05, 4.69) is 21.9 Å². The number of carbonyl (C=O) groups is 4. The van der Waals surface area contributed by atoms with Crippen molar-refractivity contribution in [3.63, 3.8) is 0 Å². The number of benzene rings is 2. The fourth-order valence-corrected chi connectivity index (χ4v) is 5.08. The minimum atomic E-state index is -1.04. The molecule has 3 heterocycles. The molecule has 0 spiro atoms. The van der Waals surface area contributed by atoms with Crippen LogP contribution in [-0.4, -0.2) is 60.5 Å². The van der Waals surface area contributed by atoms with Crippen LogP contribution in [0.1, 0.15) is 75.0 Å². The van der Waals surface area contributed by atoms with Gasteiger partial charge in [-0.25, -0.2) is 0 Å². The Morgan fingerprint density at radius 2 is 1.20 bits per heavy atom. The van der Waals surface area contributed by atoms with Crippen molar-refractivity contribution in [3.8, 4) is 12.3 Å². The van der Waals surface area contributed by atoms with Gasteiger partial charge in [-0.15, -0.1) is 6.42 Å². The molecule has 4 aliphatic rings. The fraction of sp³-hybridized carbons (Fsp3) is 0.273. The first-order valence-electron chi connectivity index (χ1n) is 13.1. The van der Waals surface area contributed by atoms with E-state index in [-0.39, 0.29) is 63.2 Å². The second-order valence-electron chi connectivity index (χ2n) is 9.85. The van der Waals surface area contributed by atoms with Crippen LogP contribution in [0.4, 0.5) is 0 Å². The van der Waals surface area contributed by atoms with Crippen molar-refractivity contribution >= 4 is 44.8 Å². The molecule has 0 atom stereocenters. The Hall–Kier alpha value is -3.66. The molecule has 2 fully saturated rings. The maximum atomic E-state index is 12.5. The zero-order valence-corrected chi connectivity index (χ0v) is 25.9. The summed E-state index contributed by atoms with van der Waals surface area (Å²) in [6.45, 7) is 5.57. The van der Waals surface area contributed by atoms with Crippen molar-refractivity contribution in [1.29, 1.82) is 0 Å². The number of hydrogen-bond donors (Lipinski definition) is 1. The molecule has 0 amide bonds. The van der Waals surface area contributed by atoms with Crippen LogP contribution < -0.4 is 0 Å². The summed E-state index contributed by atoms with van der Waals surface area (Å²) in [5, 5.41) is 9.58. The molecule has 0 unspecified atom stereocenters. The predicted molar refractivity (Wildman–Crippen MR) is 161 cm³/mol. The molecule has 7 rings (SSSR count). The topological polar surface area (TPSA) is 139 Å². The number of terminal acetylenes is 1. The molecule has 0 bridgehead atoms. The maximum absolute atomic E-state index is 12.5. The zero-order chi connectivity index (χ0) is 30.9. The van der Waals surface area contributed by atoms with E-state index in [1.807, 2.05) is 0 Å². The van der Waals surface area contributed by atoms with E-state index in [4.69, 9.17) is 29.8 Å². The van der Waals surface area contributed by atoms with Crippen LogP contribution in [0.5, 0.6) is 0 Å². The van der Waals surface area contributed by atoms with Gasteiger partial charge in [-0.3, -0.25) is 19.2 Å². The van der Waals surface area contributed by atoms with Gasteiger partial charge in [0.1, 0.15) is 10.2 Å². The molecule has 1 N–H and O–H groups in total. The molecule has 1 aromatic heterocycles. The predicted octanol–water partition coefficient (Wildman–Crippen LogP) is 5.36. The molecule has 1 radical (unpaired) electrons. The summed E-state index contributed by atoms with van der Waals surface area (Å²) in [5.74, 6) is -0.938. The minimum absolute atomic E-state index is 0. The molecule has 239 valence electrons. The summed E-state index contributed by atoms with van der Waals surface area (Å²) >= 11 is 2.89. The van der Waals surface area contributed by atoms with E-state index in [1.54, 1.807) is 62.4 Å². The SMILES string of the molecule is C.C#CC1(C)OCCO1.CC1(c2cc3c(o2)C(=O)c2ccccc2C3=O)OCCO1.O=C1C(=O)c2ccccc2C(O)=C1Br.[Cu]. The first-order valence-corrected chi connectivity index (χ1v) is 13.9. The van der Waals surface area contributed by atoms with E-state index in [0.29, 0.717) is 48.9 Å². The Kier molecular flexibility index (Phi) is 11.3. The number of hydrogen-bond acceptors (Lipinski definition) is 10. The summed E-state index contributed by atoms with van der Waals surface area (Å²) < 4.78 is 26.6. The van der Waals surface area contributed by atoms with Crippen LogP contribution in [0.2, 0.25) is 0 Å². The average Bonchev–Trinajstić information content (AvgIpc) is 3.79. The number of rotatable bonds is 1. The van der Waals surface area contributed by atoms with Gasteiger partial charge in [-0.05, 0) is 34.8 Å². The first-order chi connectivity index (χ1) is 20.5. The molecule has 2 aliphatic carbocycles. The van der Waals surface area contributed by atoms with Gasteiger partial charge in [0.25, 0.3) is 0 Å². The summed E-state index contributed by atoms with van der Waals surface area (Å²) in [6, 6.07) is 14.7. The van der Waals surface area contributed by atoms with E-state index in [0.717, 1.165) is 0 Å². The van der Waals surface area contributed by atoms with Gasteiger partial charge in [-0.2, -0.15) is 0 Å². The molecule has 12 heteroatoms. The molecule has 0 saturated carbocycles. The van der Waals surface area contributed by atoms with Crippen LogP contribution in [0, 0.1) is 12.3 Å². The third kappa shape index (κ3) is 6.81. The summed E-state index contributed by atoms with van der Waals surface area (Å²) in [4.78, 5) is 47.7. The number of aliphatic hydroxyl groups excluding tert-OH is 1. The van der Waals surface area contributed by atoms with Crippen molar-refractivity contribution < 1.29 is 64.7 Å². The number of aliphatic hydroxyl groups is 1. The van der Waals surface area contributed by atoms with Gasteiger partial charge in [0.2, 0.25) is 28.9 Å². The number of halogens is 1. The summed E-state index contributed by atoms with van der Waals surface area (Å²) in [6.07, 6.45) is 5.07. The molecule has 10 nitrogen and oxygen atoms in total. The standard InChI is InChI=1S/C16H12O5.C10H5BrO3.C6H8O2.CH4.Cu/c1-16(19-6-7-20-16)12-8-11-13(17)9-4-2-3-5-10(9)14(18)15(11)21-12;11-7-8(12)5-3-1-2-4-6(5)9(13)10(7)14;1-3-6(2)7-4-5-8-6;;/h2-5,8H,6-7H2,1H3;1-4,12H;1H,4-5H2,2H3;1H4;. The zero-order valence-electron chi connectivity index (χ0n) is 23.4. The molecule has 2 saturated heterocycles.